The van der Waals surface area contributed by atoms with Crippen LogP contribution in [0, 0.1) is 0 Å². The predicted molar refractivity (Wildman–Crippen MR) is 242 cm³/mol. The second-order valence-corrected chi connectivity index (χ2v) is 17.5. The minimum absolute atomic E-state index is 0.0206. The van der Waals surface area contributed by atoms with Crippen molar-refractivity contribution in [3.05, 3.63) is 72.9 Å². The van der Waals surface area contributed by atoms with Crippen molar-refractivity contribution in [1.29, 1.82) is 0 Å². The molecule has 0 heterocycles. The summed E-state index contributed by atoms with van der Waals surface area (Å²) >= 11 is 0. The van der Waals surface area contributed by atoms with Crippen LogP contribution in [0.15, 0.2) is 72.9 Å². The first-order valence-electron chi connectivity index (χ1n) is 22.7. The molecular formula is C48H85NO8P+. The lowest BCUT2D eigenvalue weighted by Crippen LogP contribution is -2.37. The number of carbonyl (C=O) groups is 2. The van der Waals surface area contributed by atoms with E-state index >= 15 is 0 Å². The molecule has 0 fully saturated rings. The summed E-state index contributed by atoms with van der Waals surface area (Å²) in [6.45, 7) is 4.22. The van der Waals surface area contributed by atoms with Gasteiger partial charge in [-0.1, -0.05) is 145 Å². The molecule has 0 bridgehead atoms. The van der Waals surface area contributed by atoms with Crippen molar-refractivity contribution in [2.24, 2.45) is 0 Å². The summed E-state index contributed by atoms with van der Waals surface area (Å²) in [5.74, 6) is -0.857. The Balaban J connectivity index is 4.40. The summed E-state index contributed by atoms with van der Waals surface area (Å²) in [6.07, 6.45) is 49.5. The fourth-order valence-electron chi connectivity index (χ4n) is 5.68. The molecule has 0 saturated heterocycles. The van der Waals surface area contributed by atoms with E-state index in [1.165, 1.54) is 57.8 Å². The van der Waals surface area contributed by atoms with Crippen LogP contribution in [0.4, 0.5) is 0 Å². The number of phosphoric acid groups is 1. The van der Waals surface area contributed by atoms with Crippen molar-refractivity contribution in [3.8, 4) is 0 Å². The van der Waals surface area contributed by atoms with Crippen LogP contribution in [0.2, 0.25) is 0 Å². The van der Waals surface area contributed by atoms with Crippen LogP contribution in [0.5, 0.6) is 0 Å². The first-order chi connectivity index (χ1) is 28.0. The summed E-state index contributed by atoms with van der Waals surface area (Å²) in [7, 11) is 1.44. The number of rotatable bonds is 40. The zero-order valence-electron chi connectivity index (χ0n) is 37.5. The number of likely N-dealkylation sites (N-methyl/N-ethyl adjacent to an activating group) is 1. The van der Waals surface area contributed by atoms with E-state index in [1.54, 1.807) is 0 Å². The number of allylic oxidation sites excluding steroid dienone is 12. The lowest BCUT2D eigenvalue weighted by Gasteiger charge is -2.24. The van der Waals surface area contributed by atoms with Gasteiger partial charge in [-0.05, 0) is 83.5 Å². The fourth-order valence-corrected chi connectivity index (χ4v) is 6.42. The minimum atomic E-state index is -4.39. The van der Waals surface area contributed by atoms with E-state index in [0.717, 1.165) is 70.6 Å². The van der Waals surface area contributed by atoms with Gasteiger partial charge in [0, 0.05) is 12.8 Å². The van der Waals surface area contributed by atoms with E-state index in [-0.39, 0.29) is 26.1 Å². The second-order valence-electron chi connectivity index (χ2n) is 16.0. The maximum atomic E-state index is 12.7. The quantitative estimate of drug-likeness (QED) is 0.0214. The Bertz CT molecular complexity index is 1220. The number of phosphoric ester groups is 1. The van der Waals surface area contributed by atoms with Crippen LogP contribution < -0.4 is 0 Å². The number of quaternary nitrogens is 1. The molecule has 334 valence electrons. The highest BCUT2D eigenvalue weighted by atomic mass is 31.2. The van der Waals surface area contributed by atoms with Crippen LogP contribution in [-0.2, 0) is 32.7 Å². The molecule has 0 saturated carbocycles. The van der Waals surface area contributed by atoms with E-state index < -0.39 is 32.5 Å². The van der Waals surface area contributed by atoms with Gasteiger partial charge in [0.05, 0.1) is 27.7 Å². The fraction of sp³-hybridized carbons (Fsp3) is 0.708. The number of unbranched alkanes of at least 4 members (excludes halogenated alkanes) is 14. The van der Waals surface area contributed by atoms with Gasteiger partial charge in [-0.3, -0.25) is 18.6 Å². The SMILES string of the molecule is CC/C=C/C/C=C/C/C=C/C/C=C/CCCCC(=O)OC[C@H](COP(=O)(O)OCC[N+](C)(C)C)OC(=O)CCCCCCCCCCC/C=C/C/C=C/CCCCC. The van der Waals surface area contributed by atoms with E-state index in [0.29, 0.717) is 23.9 Å². The Morgan fingerprint density at radius 2 is 0.983 bits per heavy atom. The van der Waals surface area contributed by atoms with Crippen LogP contribution in [-0.4, -0.2) is 74.9 Å². The van der Waals surface area contributed by atoms with Crippen molar-refractivity contribution < 1.29 is 42.1 Å². The summed E-state index contributed by atoms with van der Waals surface area (Å²) in [5.41, 5.74) is 0. The highest BCUT2D eigenvalue weighted by Gasteiger charge is 2.27. The third-order valence-corrected chi connectivity index (χ3v) is 10.2. The molecule has 1 N–H and O–H groups in total. The average molecular weight is 835 g/mol. The predicted octanol–water partition coefficient (Wildman–Crippen LogP) is 13.0. The third-order valence-electron chi connectivity index (χ3n) is 9.22. The van der Waals surface area contributed by atoms with E-state index in [4.69, 9.17) is 18.5 Å². The van der Waals surface area contributed by atoms with Crippen molar-refractivity contribution in [2.45, 2.75) is 174 Å². The summed E-state index contributed by atoms with van der Waals surface area (Å²) < 4.78 is 34.3. The first-order valence-corrected chi connectivity index (χ1v) is 24.2. The summed E-state index contributed by atoms with van der Waals surface area (Å²) in [5, 5.41) is 0. The molecule has 1 unspecified atom stereocenters. The van der Waals surface area contributed by atoms with Crippen molar-refractivity contribution >= 4 is 19.8 Å². The van der Waals surface area contributed by atoms with Crippen LogP contribution >= 0.6 is 7.82 Å². The molecule has 0 aromatic heterocycles. The molecule has 9 nitrogen and oxygen atoms in total. The van der Waals surface area contributed by atoms with Gasteiger partial charge in [0.15, 0.2) is 6.10 Å². The molecule has 0 aromatic carbocycles. The van der Waals surface area contributed by atoms with Crippen molar-refractivity contribution in [2.75, 3.05) is 47.5 Å². The standard InChI is InChI=1S/C48H84NO8P/c1-6-8-10-12-14-16-18-20-22-23-24-25-27-29-31-33-35-37-39-41-48(51)57-46(45-56-58(52,53)55-43-42-49(3,4)5)44-54-47(50)40-38-36-34-32-30-28-26-21-19-17-15-13-11-9-7-2/h9,11,14-17,20-22,26,30,32,46H,6-8,10,12-13,18-19,23-25,27-29,31,33-45H2,1-5H3/p+1/b11-9+,16-14+,17-15+,22-20+,26-21+,32-30+/t46-/m1/s1. The normalized spacial score (nSPS) is 14.2. The minimum Gasteiger partial charge on any atom is -0.462 e. The number of hydrogen-bond donors (Lipinski definition) is 1. The Labute approximate surface area is 355 Å². The molecule has 2 atom stereocenters. The first kappa shape index (κ1) is 55.5. The van der Waals surface area contributed by atoms with E-state index in [2.05, 4.69) is 86.8 Å². The van der Waals surface area contributed by atoms with Crippen molar-refractivity contribution in [3.63, 3.8) is 0 Å². The van der Waals surface area contributed by atoms with Gasteiger partial charge in [0.1, 0.15) is 19.8 Å². The van der Waals surface area contributed by atoms with Gasteiger partial charge in [0.2, 0.25) is 0 Å². The maximum absolute atomic E-state index is 12.7. The Morgan fingerprint density at radius 3 is 1.50 bits per heavy atom. The summed E-state index contributed by atoms with van der Waals surface area (Å²) in [4.78, 5) is 35.4. The number of nitrogens with zero attached hydrogens (tertiary/aromatic N) is 1. The summed E-state index contributed by atoms with van der Waals surface area (Å²) in [6, 6.07) is 0. The van der Waals surface area contributed by atoms with Crippen LogP contribution in [0.25, 0.3) is 0 Å². The lowest BCUT2D eigenvalue weighted by atomic mass is 10.1. The molecule has 58 heavy (non-hydrogen) atoms. The molecule has 0 rings (SSSR count). The molecule has 0 amide bonds. The zero-order valence-corrected chi connectivity index (χ0v) is 38.4. The smallest absolute Gasteiger partial charge is 0.462 e. The maximum Gasteiger partial charge on any atom is 0.472 e. The average Bonchev–Trinajstić information content (AvgIpc) is 3.17. The third kappa shape index (κ3) is 43.0. The largest absolute Gasteiger partial charge is 0.472 e. The molecule has 0 aliphatic heterocycles. The van der Waals surface area contributed by atoms with Gasteiger partial charge >= 0.3 is 19.8 Å². The second kappa shape index (κ2) is 39.9. The monoisotopic (exact) mass is 835 g/mol. The molecule has 0 spiro atoms. The lowest BCUT2D eigenvalue weighted by molar-refractivity contribution is -0.870. The van der Waals surface area contributed by atoms with Gasteiger partial charge in [0.25, 0.3) is 0 Å². The van der Waals surface area contributed by atoms with Gasteiger partial charge in [-0.2, -0.15) is 0 Å². The zero-order chi connectivity index (χ0) is 42.8. The topological polar surface area (TPSA) is 108 Å². The number of hydrogen-bond acceptors (Lipinski definition) is 7. The van der Waals surface area contributed by atoms with Gasteiger partial charge in [-0.15, -0.1) is 0 Å². The van der Waals surface area contributed by atoms with Crippen LogP contribution in [0.1, 0.15) is 168 Å². The van der Waals surface area contributed by atoms with Crippen LogP contribution in [0.3, 0.4) is 0 Å². The molecule has 0 aromatic rings. The number of ether oxygens (including phenoxy) is 2. The van der Waals surface area contributed by atoms with Gasteiger partial charge in [-0.25, -0.2) is 4.57 Å². The Morgan fingerprint density at radius 1 is 0.552 bits per heavy atom. The number of esters is 2. The highest BCUT2D eigenvalue weighted by Crippen LogP contribution is 2.43. The van der Waals surface area contributed by atoms with E-state index in [9.17, 15) is 19.0 Å². The number of carbonyl (C=O) groups excluding carboxylic acids is 2. The molecule has 0 aliphatic carbocycles. The molecule has 0 aliphatic rings. The Hall–Kier alpha value is -2.55. The Kier molecular flexibility index (Phi) is 38.1. The van der Waals surface area contributed by atoms with Crippen molar-refractivity contribution in [1.82, 2.24) is 0 Å². The van der Waals surface area contributed by atoms with E-state index in [1.807, 2.05) is 21.1 Å². The highest BCUT2D eigenvalue weighted by molar-refractivity contribution is 7.47. The molecule has 10 heteroatoms. The molecular weight excluding hydrogens is 750 g/mol. The molecule has 0 radical (unpaired) electrons. The van der Waals surface area contributed by atoms with Gasteiger partial charge < -0.3 is 18.9 Å².